The molecule has 0 saturated heterocycles. The Bertz CT molecular complexity index is 1470. The summed E-state index contributed by atoms with van der Waals surface area (Å²) in [5, 5.41) is 0. The number of hydrogen-bond acceptors (Lipinski definition) is 6. The molecule has 1 atom stereocenters. The van der Waals surface area contributed by atoms with Crippen LogP contribution >= 0.6 is 0 Å². The van der Waals surface area contributed by atoms with Crippen LogP contribution in [0.5, 0.6) is 0 Å². The summed E-state index contributed by atoms with van der Waals surface area (Å²) in [6.07, 6.45) is 80.7. The van der Waals surface area contributed by atoms with Crippen molar-refractivity contribution in [2.75, 3.05) is 13.2 Å². The summed E-state index contributed by atoms with van der Waals surface area (Å²) < 4.78 is 16.9. The second kappa shape index (κ2) is 59.6. The van der Waals surface area contributed by atoms with E-state index in [-0.39, 0.29) is 31.1 Å². The normalized spacial score (nSPS) is 12.9. The number of allylic oxidation sites excluding steroid dienone is 18. The van der Waals surface area contributed by atoms with Crippen LogP contribution in [0.2, 0.25) is 0 Å². The maximum absolute atomic E-state index is 12.9. The lowest BCUT2D eigenvalue weighted by atomic mass is 10.1. The molecule has 1 unspecified atom stereocenters. The summed E-state index contributed by atoms with van der Waals surface area (Å²) in [6.45, 7) is 6.47. The third-order valence-corrected chi connectivity index (χ3v) is 12.5. The Labute approximate surface area is 444 Å². The molecular weight excluding hydrogens is 889 g/mol. The summed E-state index contributed by atoms with van der Waals surface area (Å²) in [4.78, 5) is 38.2. The average Bonchev–Trinajstić information content (AvgIpc) is 3.38. The van der Waals surface area contributed by atoms with Gasteiger partial charge in [-0.1, -0.05) is 246 Å². The van der Waals surface area contributed by atoms with Crippen LogP contribution < -0.4 is 0 Å². The van der Waals surface area contributed by atoms with Gasteiger partial charge in [0.1, 0.15) is 13.2 Å². The van der Waals surface area contributed by atoms with Gasteiger partial charge in [0.2, 0.25) is 0 Å². The molecule has 0 aromatic heterocycles. The van der Waals surface area contributed by atoms with Crippen LogP contribution in [0.15, 0.2) is 109 Å². The lowest BCUT2D eigenvalue weighted by Crippen LogP contribution is -2.30. The van der Waals surface area contributed by atoms with Crippen molar-refractivity contribution in [3.63, 3.8) is 0 Å². The largest absolute Gasteiger partial charge is 0.462 e. The van der Waals surface area contributed by atoms with Gasteiger partial charge >= 0.3 is 17.9 Å². The first-order valence-electron chi connectivity index (χ1n) is 29.9. The van der Waals surface area contributed by atoms with Crippen molar-refractivity contribution in [2.45, 2.75) is 277 Å². The highest BCUT2D eigenvalue weighted by molar-refractivity contribution is 5.71. The van der Waals surface area contributed by atoms with Gasteiger partial charge in [-0.05, 0) is 116 Å². The van der Waals surface area contributed by atoms with Crippen LogP contribution in [0.25, 0.3) is 0 Å². The SMILES string of the molecule is CC/C=C\C/C=C\C/C=C\C/C=C\C/C=C\CCCCCC(=O)OCC(COC(=O)CCCCCCCCC/C=C\CCCCCCCC)OC(=O)CCCCCCC\C=C/C=C\C=C/CCCCCCC. The molecule has 0 saturated carbocycles. The van der Waals surface area contributed by atoms with E-state index in [4.69, 9.17) is 14.2 Å². The van der Waals surface area contributed by atoms with Gasteiger partial charge in [-0.3, -0.25) is 14.4 Å². The van der Waals surface area contributed by atoms with Gasteiger partial charge < -0.3 is 14.2 Å². The Morgan fingerprint density at radius 1 is 0.306 bits per heavy atom. The standard InChI is InChI=1S/C66H110O6/c1-4-7-10-13-16-19-22-25-28-31-33-36-38-41-44-47-50-53-56-59-65(68)71-62-63(61-70-64(67)58-55-52-49-46-43-40-37-34-30-27-24-21-18-15-12-9-6-3)72-66(69)60-57-54-51-48-45-42-39-35-32-29-26-23-20-17-14-11-8-5-2/h7,10,16,19,23,25-30,32-33,35-36,39,41,44,63H,4-6,8-9,11-15,17-18,20-22,24,31,34,37-38,40,42-43,45-62H2,1-3H3/b10-7-,19-16-,26-23-,28-25-,30-27-,32-29-,36-33-,39-35-,44-41-. The summed E-state index contributed by atoms with van der Waals surface area (Å²) in [7, 11) is 0. The predicted octanol–water partition coefficient (Wildman–Crippen LogP) is 20.3. The first-order valence-corrected chi connectivity index (χ1v) is 29.9. The smallest absolute Gasteiger partial charge is 0.306 e. The molecule has 410 valence electrons. The molecular formula is C66H110O6. The molecule has 0 fully saturated rings. The molecule has 72 heavy (non-hydrogen) atoms. The highest BCUT2D eigenvalue weighted by Gasteiger charge is 2.19. The number of carbonyl (C=O) groups excluding carboxylic acids is 3. The third kappa shape index (κ3) is 57.0. The average molecular weight is 1000 g/mol. The van der Waals surface area contributed by atoms with Crippen LogP contribution in [0.1, 0.15) is 271 Å². The predicted molar refractivity (Wildman–Crippen MR) is 311 cm³/mol. The highest BCUT2D eigenvalue weighted by Crippen LogP contribution is 2.14. The molecule has 0 aromatic carbocycles. The maximum Gasteiger partial charge on any atom is 0.306 e. The van der Waals surface area contributed by atoms with E-state index in [1.54, 1.807) is 0 Å². The van der Waals surface area contributed by atoms with E-state index in [9.17, 15) is 14.4 Å². The highest BCUT2D eigenvalue weighted by atomic mass is 16.6. The van der Waals surface area contributed by atoms with Gasteiger partial charge in [0, 0.05) is 19.3 Å². The first-order chi connectivity index (χ1) is 35.5. The summed E-state index contributed by atoms with van der Waals surface area (Å²) in [5.41, 5.74) is 0. The van der Waals surface area contributed by atoms with Crippen LogP contribution in [-0.2, 0) is 28.6 Å². The van der Waals surface area contributed by atoms with Crippen molar-refractivity contribution >= 4 is 17.9 Å². The van der Waals surface area contributed by atoms with Crippen LogP contribution in [0, 0.1) is 0 Å². The van der Waals surface area contributed by atoms with Gasteiger partial charge in [-0.2, -0.15) is 0 Å². The van der Waals surface area contributed by atoms with Gasteiger partial charge in [0.25, 0.3) is 0 Å². The van der Waals surface area contributed by atoms with Crippen LogP contribution in [0.3, 0.4) is 0 Å². The third-order valence-electron chi connectivity index (χ3n) is 12.5. The second-order valence-electron chi connectivity index (χ2n) is 19.6. The fraction of sp³-hybridized carbons (Fsp3) is 0.682. The maximum atomic E-state index is 12.9. The van der Waals surface area contributed by atoms with E-state index in [0.717, 1.165) is 122 Å². The van der Waals surface area contributed by atoms with Crippen LogP contribution in [0.4, 0.5) is 0 Å². The molecule has 0 radical (unpaired) electrons. The minimum absolute atomic E-state index is 0.101. The van der Waals surface area contributed by atoms with Gasteiger partial charge in [0.15, 0.2) is 6.10 Å². The van der Waals surface area contributed by atoms with Crippen LogP contribution in [-0.4, -0.2) is 37.2 Å². The number of ether oxygens (including phenoxy) is 3. The quantitative estimate of drug-likeness (QED) is 0.0199. The Morgan fingerprint density at radius 3 is 0.986 bits per heavy atom. The van der Waals surface area contributed by atoms with Crippen molar-refractivity contribution in [2.24, 2.45) is 0 Å². The van der Waals surface area contributed by atoms with Crippen molar-refractivity contribution in [1.82, 2.24) is 0 Å². The number of esters is 3. The fourth-order valence-corrected chi connectivity index (χ4v) is 8.05. The zero-order valence-corrected chi connectivity index (χ0v) is 46.9. The zero-order valence-electron chi connectivity index (χ0n) is 46.9. The fourth-order valence-electron chi connectivity index (χ4n) is 8.05. The Morgan fingerprint density at radius 2 is 0.597 bits per heavy atom. The number of carbonyl (C=O) groups is 3. The van der Waals surface area contributed by atoms with E-state index in [1.807, 2.05) is 0 Å². The summed E-state index contributed by atoms with van der Waals surface area (Å²) in [5.74, 6) is -0.955. The van der Waals surface area contributed by atoms with E-state index in [2.05, 4.69) is 130 Å². The summed E-state index contributed by atoms with van der Waals surface area (Å²) in [6, 6.07) is 0. The van der Waals surface area contributed by atoms with E-state index < -0.39 is 6.10 Å². The van der Waals surface area contributed by atoms with E-state index >= 15 is 0 Å². The molecule has 0 bridgehead atoms. The molecule has 0 spiro atoms. The zero-order chi connectivity index (χ0) is 52.2. The molecule has 0 aliphatic rings. The van der Waals surface area contributed by atoms with Gasteiger partial charge in [-0.15, -0.1) is 0 Å². The lowest BCUT2D eigenvalue weighted by Gasteiger charge is -2.18. The molecule has 6 nitrogen and oxygen atoms in total. The molecule has 0 aliphatic heterocycles. The lowest BCUT2D eigenvalue weighted by molar-refractivity contribution is -0.167. The molecule has 0 amide bonds. The van der Waals surface area contributed by atoms with Crippen molar-refractivity contribution in [1.29, 1.82) is 0 Å². The van der Waals surface area contributed by atoms with Crippen molar-refractivity contribution < 1.29 is 28.6 Å². The van der Waals surface area contributed by atoms with Crippen molar-refractivity contribution in [3.05, 3.63) is 109 Å². The molecule has 0 heterocycles. The van der Waals surface area contributed by atoms with E-state index in [0.29, 0.717) is 19.3 Å². The van der Waals surface area contributed by atoms with E-state index in [1.165, 1.54) is 109 Å². The monoisotopic (exact) mass is 999 g/mol. The number of rotatable bonds is 53. The minimum atomic E-state index is -0.807. The molecule has 0 aliphatic carbocycles. The number of hydrogen-bond donors (Lipinski definition) is 0. The first kappa shape index (κ1) is 68.1. The molecule has 0 N–H and O–H groups in total. The van der Waals surface area contributed by atoms with Gasteiger partial charge in [0.05, 0.1) is 0 Å². The molecule has 0 rings (SSSR count). The van der Waals surface area contributed by atoms with Crippen molar-refractivity contribution in [3.8, 4) is 0 Å². The second-order valence-corrected chi connectivity index (χ2v) is 19.6. The number of unbranched alkanes of at least 4 members (excludes halogenated alkanes) is 26. The topological polar surface area (TPSA) is 78.9 Å². The minimum Gasteiger partial charge on any atom is -0.462 e. The Hall–Kier alpha value is -3.93. The Balaban J connectivity index is 4.51. The summed E-state index contributed by atoms with van der Waals surface area (Å²) >= 11 is 0. The Kier molecular flexibility index (Phi) is 56.4. The molecule has 6 heteroatoms. The van der Waals surface area contributed by atoms with Gasteiger partial charge in [-0.25, -0.2) is 0 Å². The molecule has 0 aromatic rings.